The zero-order chi connectivity index (χ0) is 14.5. The lowest BCUT2D eigenvalue weighted by atomic mass is 10.1. The van der Waals surface area contributed by atoms with Gasteiger partial charge in [0, 0.05) is 0 Å². The van der Waals surface area contributed by atoms with Gasteiger partial charge in [0.05, 0.1) is 12.7 Å². The van der Waals surface area contributed by atoms with Gasteiger partial charge in [0.15, 0.2) is 0 Å². The van der Waals surface area contributed by atoms with Gasteiger partial charge < -0.3 is 14.6 Å². The van der Waals surface area contributed by atoms with Gasteiger partial charge in [-0.05, 0) is 36.8 Å². The van der Waals surface area contributed by atoms with Crippen molar-refractivity contribution < 1.29 is 19.4 Å². The van der Waals surface area contributed by atoms with Crippen molar-refractivity contribution in [3.05, 3.63) is 42.0 Å². The summed E-state index contributed by atoms with van der Waals surface area (Å²) in [6.07, 6.45) is 0.133. The molecule has 2 rings (SSSR count). The van der Waals surface area contributed by atoms with Crippen LogP contribution in [0.2, 0.25) is 0 Å². The SMILES string of the molecule is CC(C)OCCOc1cc2ccccc2cc1C(=O)O. The fraction of sp³-hybridized carbons (Fsp3) is 0.312. The number of fused-ring (bicyclic) bond motifs is 1. The van der Waals surface area contributed by atoms with Crippen LogP contribution in [-0.4, -0.2) is 30.4 Å². The highest BCUT2D eigenvalue weighted by Gasteiger charge is 2.12. The largest absolute Gasteiger partial charge is 0.490 e. The average molecular weight is 274 g/mol. The van der Waals surface area contributed by atoms with E-state index in [1.54, 1.807) is 12.1 Å². The quantitative estimate of drug-likeness (QED) is 0.821. The first-order valence-electron chi connectivity index (χ1n) is 6.58. The van der Waals surface area contributed by atoms with Crippen molar-refractivity contribution in [2.75, 3.05) is 13.2 Å². The van der Waals surface area contributed by atoms with Gasteiger partial charge in [0.1, 0.15) is 17.9 Å². The van der Waals surface area contributed by atoms with Gasteiger partial charge in [-0.3, -0.25) is 0 Å². The summed E-state index contributed by atoms with van der Waals surface area (Å²) in [4.78, 5) is 11.3. The van der Waals surface area contributed by atoms with Crippen molar-refractivity contribution in [1.82, 2.24) is 0 Å². The number of ether oxygens (including phenoxy) is 2. The van der Waals surface area contributed by atoms with Gasteiger partial charge in [-0.25, -0.2) is 4.79 Å². The third kappa shape index (κ3) is 3.48. The van der Waals surface area contributed by atoms with Gasteiger partial charge in [0.2, 0.25) is 0 Å². The summed E-state index contributed by atoms with van der Waals surface area (Å²) in [6, 6.07) is 11.0. The molecule has 4 nitrogen and oxygen atoms in total. The molecule has 0 aliphatic heterocycles. The van der Waals surface area contributed by atoms with Gasteiger partial charge in [-0.2, -0.15) is 0 Å². The number of hydrogen-bond acceptors (Lipinski definition) is 3. The maximum absolute atomic E-state index is 11.3. The number of carbonyl (C=O) groups is 1. The molecule has 0 aliphatic carbocycles. The van der Waals surface area contributed by atoms with Crippen molar-refractivity contribution >= 4 is 16.7 Å². The van der Waals surface area contributed by atoms with Crippen LogP contribution in [0.1, 0.15) is 24.2 Å². The minimum Gasteiger partial charge on any atom is -0.490 e. The van der Waals surface area contributed by atoms with Gasteiger partial charge >= 0.3 is 5.97 Å². The lowest BCUT2D eigenvalue weighted by molar-refractivity contribution is 0.0539. The number of carboxylic acids is 1. The van der Waals surface area contributed by atoms with Crippen LogP contribution in [0.4, 0.5) is 0 Å². The van der Waals surface area contributed by atoms with Crippen LogP contribution in [0, 0.1) is 0 Å². The molecule has 4 heteroatoms. The second kappa shape index (κ2) is 6.39. The van der Waals surface area contributed by atoms with Crippen LogP contribution in [-0.2, 0) is 4.74 Å². The summed E-state index contributed by atoms with van der Waals surface area (Å²) in [6.45, 7) is 4.65. The molecule has 0 spiro atoms. The molecule has 0 amide bonds. The molecule has 0 heterocycles. The molecule has 0 aliphatic rings. The molecular formula is C16H18O4. The molecule has 2 aromatic carbocycles. The second-order valence-corrected chi connectivity index (χ2v) is 4.77. The third-order valence-electron chi connectivity index (χ3n) is 2.87. The first-order valence-corrected chi connectivity index (χ1v) is 6.58. The molecule has 0 fully saturated rings. The highest BCUT2D eigenvalue weighted by molar-refractivity contribution is 5.97. The van der Waals surface area contributed by atoms with Crippen LogP contribution in [0.5, 0.6) is 5.75 Å². The Morgan fingerprint density at radius 2 is 1.80 bits per heavy atom. The van der Waals surface area contributed by atoms with Crippen LogP contribution in [0.3, 0.4) is 0 Å². The van der Waals surface area contributed by atoms with Gasteiger partial charge in [-0.15, -0.1) is 0 Å². The Balaban J connectivity index is 2.21. The van der Waals surface area contributed by atoms with Gasteiger partial charge in [0.25, 0.3) is 0 Å². The fourth-order valence-electron chi connectivity index (χ4n) is 1.94. The monoisotopic (exact) mass is 274 g/mol. The topological polar surface area (TPSA) is 55.8 Å². The van der Waals surface area contributed by atoms with Crippen LogP contribution < -0.4 is 4.74 Å². The Labute approximate surface area is 117 Å². The fourth-order valence-corrected chi connectivity index (χ4v) is 1.94. The highest BCUT2D eigenvalue weighted by Crippen LogP contribution is 2.26. The van der Waals surface area contributed by atoms with Crippen LogP contribution in [0.25, 0.3) is 10.8 Å². The molecular weight excluding hydrogens is 256 g/mol. The van der Waals surface area contributed by atoms with E-state index < -0.39 is 5.97 Å². The predicted molar refractivity (Wildman–Crippen MR) is 77.5 cm³/mol. The van der Waals surface area contributed by atoms with Crippen LogP contribution in [0.15, 0.2) is 36.4 Å². The van der Waals surface area contributed by atoms with E-state index in [9.17, 15) is 9.90 Å². The molecule has 0 atom stereocenters. The van der Waals surface area contributed by atoms with E-state index in [4.69, 9.17) is 9.47 Å². The number of carboxylic acid groups (broad SMARTS) is 1. The summed E-state index contributed by atoms with van der Waals surface area (Å²) in [5.41, 5.74) is 0.174. The van der Waals surface area contributed by atoms with E-state index in [-0.39, 0.29) is 11.7 Å². The molecule has 0 saturated carbocycles. The normalized spacial score (nSPS) is 10.9. The summed E-state index contributed by atoms with van der Waals surface area (Å²) >= 11 is 0. The Bertz CT molecular complexity index is 604. The third-order valence-corrected chi connectivity index (χ3v) is 2.87. The molecule has 1 N–H and O–H groups in total. The number of hydrogen-bond donors (Lipinski definition) is 1. The molecule has 0 aromatic heterocycles. The van der Waals surface area contributed by atoms with E-state index >= 15 is 0 Å². The van der Waals surface area contributed by atoms with E-state index in [2.05, 4.69) is 0 Å². The Morgan fingerprint density at radius 1 is 1.15 bits per heavy atom. The van der Waals surface area contributed by atoms with E-state index in [0.29, 0.717) is 19.0 Å². The maximum atomic E-state index is 11.3. The summed E-state index contributed by atoms with van der Waals surface area (Å²) < 4.78 is 10.9. The molecule has 106 valence electrons. The summed E-state index contributed by atoms with van der Waals surface area (Å²) in [5, 5.41) is 11.1. The number of aromatic carboxylic acids is 1. The highest BCUT2D eigenvalue weighted by atomic mass is 16.5. The van der Waals surface area contributed by atoms with Crippen molar-refractivity contribution in [3.8, 4) is 5.75 Å². The van der Waals surface area contributed by atoms with Crippen LogP contribution >= 0.6 is 0 Å². The molecule has 0 bridgehead atoms. The molecule has 20 heavy (non-hydrogen) atoms. The Hall–Kier alpha value is -2.07. The standard InChI is InChI=1S/C16H18O4/c1-11(2)19-7-8-20-15-10-13-6-4-3-5-12(13)9-14(15)16(17)18/h3-6,9-11H,7-8H2,1-2H3,(H,17,18). The lowest BCUT2D eigenvalue weighted by Gasteiger charge is -2.12. The Kier molecular flexibility index (Phi) is 4.58. The average Bonchev–Trinajstić information content (AvgIpc) is 2.42. The minimum atomic E-state index is -0.990. The summed E-state index contributed by atoms with van der Waals surface area (Å²) in [7, 11) is 0. The zero-order valence-corrected chi connectivity index (χ0v) is 11.6. The predicted octanol–water partition coefficient (Wildman–Crippen LogP) is 3.34. The smallest absolute Gasteiger partial charge is 0.339 e. The second-order valence-electron chi connectivity index (χ2n) is 4.77. The van der Waals surface area contributed by atoms with Gasteiger partial charge in [-0.1, -0.05) is 24.3 Å². The van der Waals surface area contributed by atoms with Crippen molar-refractivity contribution in [2.45, 2.75) is 20.0 Å². The molecule has 0 saturated heterocycles. The lowest BCUT2D eigenvalue weighted by Crippen LogP contribution is -2.12. The first kappa shape index (κ1) is 14.3. The van der Waals surface area contributed by atoms with Crippen molar-refractivity contribution in [1.29, 1.82) is 0 Å². The minimum absolute atomic E-state index is 0.133. The molecule has 2 aromatic rings. The maximum Gasteiger partial charge on any atom is 0.339 e. The Morgan fingerprint density at radius 3 is 2.40 bits per heavy atom. The van der Waals surface area contributed by atoms with Crippen molar-refractivity contribution in [3.63, 3.8) is 0 Å². The molecule has 0 radical (unpaired) electrons. The zero-order valence-electron chi connectivity index (χ0n) is 11.6. The first-order chi connectivity index (χ1) is 9.58. The van der Waals surface area contributed by atoms with Crippen molar-refractivity contribution in [2.24, 2.45) is 0 Å². The van der Waals surface area contributed by atoms with E-state index in [1.807, 2.05) is 38.1 Å². The summed E-state index contributed by atoms with van der Waals surface area (Å²) in [5.74, 6) is -0.612. The number of benzene rings is 2. The number of rotatable bonds is 6. The van der Waals surface area contributed by atoms with E-state index in [0.717, 1.165) is 10.8 Å². The molecule has 0 unspecified atom stereocenters. The van der Waals surface area contributed by atoms with E-state index in [1.165, 1.54) is 0 Å².